The van der Waals surface area contributed by atoms with Gasteiger partial charge in [-0.3, -0.25) is 4.79 Å². The maximum Gasteiger partial charge on any atom is 0.254 e. The number of rotatable bonds is 9. The molecule has 0 heterocycles. The molecule has 0 atom stereocenters. The van der Waals surface area contributed by atoms with Gasteiger partial charge in [-0.05, 0) is 36.6 Å². The summed E-state index contributed by atoms with van der Waals surface area (Å²) in [6.45, 7) is 5.79. The van der Waals surface area contributed by atoms with Crippen LogP contribution in [-0.4, -0.2) is 36.5 Å². The van der Waals surface area contributed by atoms with Gasteiger partial charge in [-0.1, -0.05) is 24.8 Å². The summed E-state index contributed by atoms with van der Waals surface area (Å²) in [5.41, 5.74) is 2.02. The number of benzene rings is 1. The highest BCUT2D eigenvalue weighted by molar-refractivity contribution is 6.00. The van der Waals surface area contributed by atoms with Gasteiger partial charge in [-0.25, -0.2) is 0 Å². The van der Waals surface area contributed by atoms with Crippen molar-refractivity contribution in [2.24, 2.45) is 0 Å². The number of carbonyl (C=O) groups is 3. The maximum absolute atomic E-state index is 12.9. The van der Waals surface area contributed by atoms with Gasteiger partial charge in [0.15, 0.2) is 0 Å². The topological polar surface area (TPSA) is 78.2 Å². The third-order valence-electron chi connectivity index (χ3n) is 3.46. The third kappa shape index (κ3) is 4.75. The molecule has 1 aromatic carbocycles. The molecule has 0 unspecified atom stereocenters. The van der Waals surface area contributed by atoms with E-state index in [4.69, 9.17) is 0 Å². The molecule has 24 heavy (non-hydrogen) atoms. The van der Waals surface area contributed by atoms with Gasteiger partial charge in [0.05, 0.1) is 18.2 Å². The Hall–Kier alpha value is -3.00. The van der Waals surface area contributed by atoms with Gasteiger partial charge in [0.25, 0.3) is 5.91 Å². The molecule has 124 valence electrons. The molecule has 0 aliphatic heterocycles. The van der Waals surface area contributed by atoms with Crippen LogP contribution in [0.3, 0.4) is 0 Å². The van der Waals surface area contributed by atoms with E-state index in [1.54, 1.807) is 24.3 Å². The number of hydrogen-bond acceptors (Lipinski definition) is 4. The number of allylic oxidation sites excluding steroid dienone is 1. The number of nitriles is 1. The average molecular weight is 324 g/mol. The molecule has 0 saturated heterocycles. The van der Waals surface area contributed by atoms with E-state index >= 15 is 0 Å². The van der Waals surface area contributed by atoms with E-state index < -0.39 is 0 Å². The van der Waals surface area contributed by atoms with E-state index in [0.717, 1.165) is 6.29 Å². The molecular weight excluding hydrogens is 304 g/mol. The number of carbonyl (C=O) groups excluding carboxylic acids is 3. The van der Waals surface area contributed by atoms with Gasteiger partial charge in [-0.2, -0.15) is 5.26 Å². The van der Waals surface area contributed by atoms with Crippen molar-refractivity contribution in [3.05, 3.63) is 47.0 Å². The minimum absolute atomic E-state index is 0.0623. The Morgan fingerprint density at radius 3 is 2.62 bits per heavy atom. The van der Waals surface area contributed by atoms with Gasteiger partial charge in [0.1, 0.15) is 12.6 Å². The number of amides is 1. The van der Waals surface area contributed by atoms with Crippen LogP contribution in [0.2, 0.25) is 0 Å². The lowest BCUT2D eigenvalue weighted by Crippen LogP contribution is -2.34. The van der Waals surface area contributed by atoms with E-state index in [1.807, 2.05) is 13.0 Å². The Balaban J connectivity index is 3.35. The molecule has 0 bridgehead atoms. The van der Waals surface area contributed by atoms with Crippen LogP contribution in [0.15, 0.2) is 24.8 Å². The number of unbranched alkanes of at least 4 members (excludes halogenated alkanes) is 1. The fourth-order valence-electron chi connectivity index (χ4n) is 2.34. The predicted molar refractivity (Wildman–Crippen MR) is 93.2 cm³/mol. The highest BCUT2D eigenvalue weighted by atomic mass is 16.2. The highest BCUT2D eigenvalue weighted by Crippen LogP contribution is 2.22. The minimum Gasteiger partial charge on any atom is -0.332 e. The smallest absolute Gasteiger partial charge is 0.254 e. The molecule has 1 amide bonds. The van der Waals surface area contributed by atoms with Crippen LogP contribution in [0.5, 0.6) is 0 Å². The lowest BCUT2D eigenvalue weighted by atomic mass is 9.96. The van der Waals surface area contributed by atoms with Crippen molar-refractivity contribution < 1.29 is 14.4 Å². The Bertz CT molecular complexity index is 699. The number of nitrogens with zero attached hydrogens (tertiary/aromatic N) is 2. The second-order valence-corrected chi connectivity index (χ2v) is 5.07. The van der Waals surface area contributed by atoms with Crippen LogP contribution in [0.4, 0.5) is 0 Å². The fourth-order valence-corrected chi connectivity index (χ4v) is 2.34. The zero-order chi connectivity index (χ0) is 17.9. The van der Waals surface area contributed by atoms with Crippen LogP contribution in [0.25, 0.3) is 12.2 Å². The van der Waals surface area contributed by atoms with Crippen LogP contribution >= 0.6 is 0 Å². The molecule has 0 aromatic heterocycles. The quantitative estimate of drug-likeness (QED) is 0.517. The molecule has 0 aliphatic rings. The summed E-state index contributed by atoms with van der Waals surface area (Å²) in [4.78, 5) is 35.6. The van der Waals surface area contributed by atoms with Crippen molar-refractivity contribution in [1.29, 1.82) is 5.26 Å². The van der Waals surface area contributed by atoms with Crippen LogP contribution in [0, 0.1) is 11.3 Å². The van der Waals surface area contributed by atoms with Gasteiger partial charge < -0.3 is 14.5 Å². The van der Waals surface area contributed by atoms with Gasteiger partial charge in [0, 0.05) is 18.5 Å². The molecular formula is C19H20N2O3. The Morgan fingerprint density at radius 1 is 1.33 bits per heavy atom. The van der Waals surface area contributed by atoms with Crippen LogP contribution in [-0.2, 0) is 9.59 Å². The summed E-state index contributed by atoms with van der Waals surface area (Å²) >= 11 is 0. The molecule has 0 fully saturated rings. The summed E-state index contributed by atoms with van der Waals surface area (Å²) < 4.78 is 0. The predicted octanol–water partition coefficient (Wildman–Crippen LogP) is 2.85. The maximum atomic E-state index is 12.9. The summed E-state index contributed by atoms with van der Waals surface area (Å²) in [6.07, 6.45) is 7.38. The van der Waals surface area contributed by atoms with Crippen molar-refractivity contribution >= 4 is 30.6 Å². The Kier molecular flexibility index (Phi) is 7.86. The Morgan fingerprint density at radius 2 is 2.08 bits per heavy atom. The van der Waals surface area contributed by atoms with E-state index in [9.17, 15) is 19.6 Å². The molecule has 1 rings (SSSR count). The molecule has 0 saturated carbocycles. The fraction of sp³-hybridized carbons (Fsp3) is 0.263. The molecule has 5 heteroatoms. The molecule has 1 aromatic rings. The largest absolute Gasteiger partial charge is 0.332 e. The van der Waals surface area contributed by atoms with E-state index in [0.29, 0.717) is 47.9 Å². The normalized spacial score (nSPS) is 10.2. The second-order valence-electron chi connectivity index (χ2n) is 5.07. The van der Waals surface area contributed by atoms with Crippen LogP contribution < -0.4 is 0 Å². The molecule has 0 spiro atoms. The highest BCUT2D eigenvalue weighted by Gasteiger charge is 2.20. The van der Waals surface area contributed by atoms with Crippen molar-refractivity contribution in [1.82, 2.24) is 4.90 Å². The van der Waals surface area contributed by atoms with E-state index in [1.165, 1.54) is 11.0 Å². The average Bonchev–Trinajstić information content (AvgIpc) is 2.60. The monoisotopic (exact) mass is 324 g/mol. The lowest BCUT2D eigenvalue weighted by molar-refractivity contribution is -0.108. The zero-order valence-corrected chi connectivity index (χ0v) is 13.7. The molecule has 5 nitrogen and oxygen atoms in total. The molecule has 0 N–H and O–H groups in total. The summed E-state index contributed by atoms with van der Waals surface area (Å²) in [5, 5.41) is 9.18. The summed E-state index contributed by atoms with van der Waals surface area (Å²) in [5.74, 6) is -0.346. The SMILES string of the molecule is C=Cc1cc(C#N)cc(C(=O)N(CC=O)CCCC=O)c1/C=C\C. The first-order valence-corrected chi connectivity index (χ1v) is 7.62. The van der Waals surface area contributed by atoms with Crippen molar-refractivity contribution in [3.8, 4) is 6.07 Å². The summed E-state index contributed by atoms with van der Waals surface area (Å²) in [7, 11) is 0. The first-order valence-electron chi connectivity index (χ1n) is 7.62. The van der Waals surface area contributed by atoms with Gasteiger partial charge >= 0.3 is 0 Å². The van der Waals surface area contributed by atoms with Crippen molar-refractivity contribution in [2.45, 2.75) is 19.8 Å². The Labute approximate surface area is 141 Å². The van der Waals surface area contributed by atoms with Crippen molar-refractivity contribution in [2.75, 3.05) is 13.1 Å². The third-order valence-corrected chi connectivity index (χ3v) is 3.46. The standard InChI is InChI=1S/C19H20N2O3/c1-3-7-17-16(4-2)12-15(14-20)13-18(17)19(24)21(9-11-23)8-5-6-10-22/h3-4,7,10-13H,2,5-6,8-9H2,1H3/b7-3-. The van der Waals surface area contributed by atoms with Gasteiger partial charge in [-0.15, -0.1) is 0 Å². The van der Waals surface area contributed by atoms with Crippen LogP contribution in [0.1, 0.15) is 46.8 Å². The van der Waals surface area contributed by atoms with Crippen molar-refractivity contribution in [3.63, 3.8) is 0 Å². The lowest BCUT2D eigenvalue weighted by Gasteiger charge is -2.21. The summed E-state index contributed by atoms with van der Waals surface area (Å²) in [6, 6.07) is 5.21. The molecule has 0 radical (unpaired) electrons. The number of aldehydes is 2. The minimum atomic E-state index is -0.346. The van der Waals surface area contributed by atoms with Gasteiger partial charge in [0.2, 0.25) is 0 Å². The zero-order valence-electron chi connectivity index (χ0n) is 13.7. The number of hydrogen-bond donors (Lipinski definition) is 0. The van der Waals surface area contributed by atoms with E-state index in [2.05, 4.69) is 6.58 Å². The first-order chi connectivity index (χ1) is 11.6. The second kappa shape index (κ2) is 9.90. The molecule has 0 aliphatic carbocycles. The first kappa shape index (κ1) is 19.0. The van der Waals surface area contributed by atoms with E-state index in [-0.39, 0.29) is 12.5 Å².